The Morgan fingerprint density at radius 2 is 1.95 bits per heavy atom. The quantitative estimate of drug-likeness (QED) is 0.627. The van der Waals surface area contributed by atoms with Crippen molar-refractivity contribution < 1.29 is 4.79 Å². The Bertz CT molecular complexity index is 644. The van der Waals surface area contributed by atoms with Crippen LogP contribution in [0.4, 0.5) is 5.69 Å². The lowest BCUT2D eigenvalue weighted by molar-refractivity contribution is 0.102. The summed E-state index contributed by atoms with van der Waals surface area (Å²) in [5.74, 6) is -0.194. The lowest BCUT2D eigenvalue weighted by atomic mass is 10.1. The van der Waals surface area contributed by atoms with Gasteiger partial charge in [0.15, 0.2) is 0 Å². The Hall–Kier alpha value is -0.840. The van der Waals surface area contributed by atoms with Gasteiger partial charge in [-0.1, -0.05) is 45.7 Å². The molecule has 104 valence electrons. The average molecular weight is 418 g/mol. The fraction of sp³-hybridized carbons (Fsp3) is 0.133. The number of amides is 1. The van der Waals surface area contributed by atoms with Crippen molar-refractivity contribution in [1.82, 2.24) is 0 Å². The van der Waals surface area contributed by atoms with Crippen molar-refractivity contribution in [2.75, 3.05) is 5.32 Å². The third kappa shape index (κ3) is 3.62. The molecule has 20 heavy (non-hydrogen) atoms. The normalized spacial score (nSPS) is 12.0. The van der Waals surface area contributed by atoms with E-state index in [1.54, 1.807) is 18.2 Å². The summed E-state index contributed by atoms with van der Waals surface area (Å²) in [5, 5.41) is 3.45. The molecule has 1 atom stereocenters. The highest BCUT2D eigenvalue weighted by molar-refractivity contribution is 9.10. The van der Waals surface area contributed by atoms with Crippen molar-refractivity contribution in [2.24, 2.45) is 0 Å². The molecule has 0 radical (unpaired) electrons. The largest absolute Gasteiger partial charge is 0.322 e. The summed E-state index contributed by atoms with van der Waals surface area (Å²) in [6.45, 7) is 2.01. The van der Waals surface area contributed by atoms with Gasteiger partial charge in [-0.15, -0.1) is 0 Å². The van der Waals surface area contributed by atoms with Crippen LogP contribution in [0.1, 0.15) is 27.7 Å². The van der Waals surface area contributed by atoms with E-state index in [4.69, 9.17) is 11.6 Å². The zero-order valence-corrected chi connectivity index (χ0v) is 14.6. The average Bonchev–Trinajstić information content (AvgIpc) is 2.41. The molecule has 0 bridgehead atoms. The number of hydrogen-bond acceptors (Lipinski definition) is 1. The third-order valence-corrected chi connectivity index (χ3v) is 4.23. The van der Waals surface area contributed by atoms with E-state index >= 15 is 0 Å². The molecule has 0 fully saturated rings. The van der Waals surface area contributed by atoms with Crippen LogP contribution in [0.5, 0.6) is 0 Å². The van der Waals surface area contributed by atoms with E-state index in [2.05, 4.69) is 37.2 Å². The van der Waals surface area contributed by atoms with Crippen LogP contribution in [0.3, 0.4) is 0 Å². The number of halogens is 3. The molecule has 0 aliphatic carbocycles. The highest BCUT2D eigenvalue weighted by Gasteiger charge is 2.14. The number of anilines is 1. The van der Waals surface area contributed by atoms with Crippen LogP contribution in [0.2, 0.25) is 5.02 Å². The van der Waals surface area contributed by atoms with Gasteiger partial charge in [0.1, 0.15) is 0 Å². The Morgan fingerprint density at radius 3 is 2.65 bits per heavy atom. The molecular formula is C15H12Br2ClNO. The van der Waals surface area contributed by atoms with Gasteiger partial charge in [0, 0.05) is 20.0 Å². The van der Waals surface area contributed by atoms with Gasteiger partial charge in [-0.2, -0.15) is 0 Å². The van der Waals surface area contributed by atoms with E-state index in [1.165, 1.54) is 0 Å². The Kier molecular flexibility index (Phi) is 5.24. The maximum absolute atomic E-state index is 12.3. The molecule has 0 spiro atoms. The van der Waals surface area contributed by atoms with Crippen LogP contribution >= 0.6 is 43.5 Å². The van der Waals surface area contributed by atoms with Gasteiger partial charge in [-0.05, 0) is 52.7 Å². The van der Waals surface area contributed by atoms with Gasteiger partial charge in [0.25, 0.3) is 5.91 Å². The smallest absolute Gasteiger partial charge is 0.256 e. The highest BCUT2D eigenvalue weighted by atomic mass is 79.9. The Balaban J connectivity index is 2.31. The predicted octanol–water partition coefficient (Wildman–Crippen LogP) is 5.81. The van der Waals surface area contributed by atoms with Gasteiger partial charge >= 0.3 is 0 Å². The molecule has 2 nitrogen and oxygen atoms in total. The SMILES string of the molecule is CC(Br)c1ccccc1NC(=O)c1cc(Cl)ccc1Br. The molecule has 5 heteroatoms. The van der Waals surface area contributed by atoms with Gasteiger partial charge in [0.05, 0.1) is 5.56 Å². The molecule has 0 aliphatic rings. The topological polar surface area (TPSA) is 29.1 Å². The molecule has 0 heterocycles. The summed E-state index contributed by atoms with van der Waals surface area (Å²) in [7, 11) is 0. The number of benzene rings is 2. The first-order valence-corrected chi connectivity index (χ1v) is 8.07. The summed E-state index contributed by atoms with van der Waals surface area (Å²) in [4.78, 5) is 12.5. The van der Waals surface area contributed by atoms with E-state index in [1.807, 2.05) is 31.2 Å². The molecule has 1 unspecified atom stereocenters. The number of rotatable bonds is 3. The number of hydrogen-bond donors (Lipinski definition) is 1. The zero-order valence-electron chi connectivity index (χ0n) is 10.7. The second-order valence-electron chi connectivity index (χ2n) is 4.28. The van der Waals surface area contributed by atoms with E-state index in [-0.39, 0.29) is 10.7 Å². The minimum Gasteiger partial charge on any atom is -0.322 e. The molecule has 2 aromatic rings. The summed E-state index contributed by atoms with van der Waals surface area (Å²) in [6, 6.07) is 12.8. The van der Waals surface area contributed by atoms with Crippen LogP contribution < -0.4 is 5.32 Å². The maximum atomic E-state index is 12.3. The van der Waals surface area contributed by atoms with Crippen molar-refractivity contribution in [1.29, 1.82) is 0 Å². The monoisotopic (exact) mass is 415 g/mol. The van der Waals surface area contributed by atoms with Crippen LogP contribution in [-0.2, 0) is 0 Å². The minimum absolute atomic E-state index is 0.154. The van der Waals surface area contributed by atoms with Crippen molar-refractivity contribution in [3.63, 3.8) is 0 Å². The van der Waals surface area contributed by atoms with Crippen LogP contribution in [0.15, 0.2) is 46.9 Å². The number of nitrogens with one attached hydrogen (secondary N) is 1. The lowest BCUT2D eigenvalue weighted by Gasteiger charge is -2.13. The molecule has 0 saturated carbocycles. The zero-order chi connectivity index (χ0) is 14.7. The first-order chi connectivity index (χ1) is 9.49. The van der Waals surface area contributed by atoms with Gasteiger partial charge in [-0.25, -0.2) is 0 Å². The molecule has 1 N–H and O–H groups in total. The highest BCUT2D eigenvalue weighted by Crippen LogP contribution is 2.29. The second kappa shape index (κ2) is 6.74. The van der Waals surface area contributed by atoms with Crippen LogP contribution in [-0.4, -0.2) is 5.91 Å². The van der Waals surface area contributed by atoms with Crippen molar-refractivity contribution >= 4 is 55.1 Å². The van der Waals surface area contributed by atoms with E-state index in [0.29, 0.717) is 15.1 Å². The number of carbonyl (C=O) groups is 1. The summed E-state index contributed by atoms with van der Waals surface area (Å²) in [6.07, 6.45) is 0. The van der Waals surface area contributed by atoms with E-state index in [0.717, 1.165) is 11.3 Å². The number of carbonyl (C=O) groups excluding carboxylic acids is 1. The number of para-hydroxylation sites is 1. The van der Waals surface area contributed by atoms with Crippen molar-refractivity contribution in [3.05, 3.63) is 63.1 Å². The second-order valence-corrected chi connectivity index (χ2v) is 6.95. The fourth-order valence-corrected chi connectivity index (χ4v) is 2.82. The minimum atomic E-state index is -0.194. The summed E-state index contributed by atoms with van der Waals surface area (Å²) < 4.78 is 0.712. The predicted molar refractivity (Wildman–Crippen MR) is 90.9 cm³/mol. The molecule has 0 aromatic heterocycles. The molecule has 2 aromatic carbocycles. The van der Waals surface area contributed by atoms with Crippen molar-refractivity contribution in [3.8, 4) is 0 Å². The van der Waals surface area contributed by atoms with Crippen LogP contribution in [0, 0.1) is 0 Å². The molecular weight excluding hydrogens is 405 g/mol. The maximum Gasteiger partial charge on any atom is 0.256 e. The summed E-state index contributed by atoms with van der Waals surface area (Å²) in [5.41, 5.74) is 2.32. The first-order valence-electron chi connectivity index (χ1n) is 5.98. The first kappa shape index (κ1) is 15.5. The molecule has 0 saturated heterocycles. The van der Waals surface area contributed by atoms with Gasteiger partial charge < -0.3 is 5.32 Å². The van der Waals surface area contributed by atoms with E-state index < -0.39 is 0 Å². The summed E-state index contributed by atoms with van der Waals surface area (Å²) >= 11 is 12.8. The van der Waals surface area contributed by atoms with Gasteiger partial charge in [-0.3, -0.25) is 4.79 Å². The molecule has 0 aliphatic heterocycles. The van der Waals surface area contributed by atoms with Crippen LogP contribution in [0.25, 0.3) is 0 Å². The standard InChI is InChI=1S/C15H12Br2ClNO/c1-9(16)11-4-2-3-5-14(11)19-15(20)12-8-10(18)6-7-13(12)17/h2-9H,1H3,(H,19,20). The Morgan fingerprint density at radius 1 is 1.25 bits per heavy atom. The molecule has 2 rings (SSSR count). The van der Waals surface area contributed by atoms with E-state index in [9.17, 15) is 4.79 Å². The van der Waals surface area contributed by atoms with Crippen molar-refractivity contribution in [2.45, 2.75) is 11.8 Å². The molecule has 1 amide bonds. The number of alkyl halides is 1. The van der Waals surface area contributed by atoms with Gasteiger partial charge in [0.2, 0.25) is 0 Å². The fourth-order valence-electron chi connectivity index (χ4n) is 1.82. The Labute approximate surface area is 139 Å². The third-order valence-electron chi connectivity index (χ3n) is 2.81. The lowest BCUT2D eigenvalue weighted by Crippen LogP contribution is -2.14.